The summed E-state index contributed by atoms with van der Waals surface area (Å²) in [5.41, 5.74) is 1.98. The first kappa shape index (κ1) is 22.7. The molecule has 0 aliphatic carbocycles. The van der Waals surface area contributed by atoms with Crippen molar-refractivity contribution in [3.05, 3.63) is 46.8 Å². The van der Waals surface area contributed by atoms with Crippen LogP contribution in [-0.2, 0) is 19.6 Å². The van der Waals surface area contributed by atoms with E-state index in [1.165, 1.54) is 35.5 Å². The fourth-order valence-corrected chi connectivity index (χ4v) is 5.19. The van der Waals surface area contributed by atoms with E-state index in [4.69, 9.17) is 4.74 Å². The molecule has 0 unspecified atom stereocenters. The van der Waals surface area contributed by atoms with Crippen LogP contribution >= 0.6 is 0 Å². The fourth-order valence-electron chi connectivity index (χ4n) is 3.67. The Balaban J connectivity index is 1.58. The van der Waals surface area contributed by atoms with Crippen LogP contribution in [0.25, 0.3) is 0 Å². The third kappa shape index (κ3) is 4.86. The van der Waals surface area contributed by atoms with Gasteiger partial charge in [0.15, 0.2) is 12.4 Å². The maximum atomic E-state index is 12.5. The summed E-state index contributed by atoms with van der Waals surface area (Å²) in [6.45, 7) is 5.22. The first-order valence-corrected chi connectivity index (χ1v) is 11.3. The molecule has 2 N–H and O–H groups in total. The number of amides is 1. The molecule has 1 saturated heterocycles. The Bertz CT molecular complexity index is 1110. The summed E-state index contributed by atoms with van der Waals surface area (Å²) in [5, 5.41) is 2.56. The molecule has 0 spiro atoms. The number of nitrogens with zero attached hydrogens (tertiary/aromatic N) is 1. The van der Waals surface area contributed by atoms with Gasteiger partial charge in [0.25, 0.3) is 5.91 Å². The third-order valence-electron chi connectivity index (χ3n) is 5.17. The van der Waals surface area contributed by atoms with Crippen LogP contribution in [0.5, 0.6) is 0 Å². The Morgan fingerprint density at radius 2 is 1.71 bits per heavy atom. The molecular formula is C21H25N3O6S. The highest BCUT2D eigenvalue weighted by molar-refractivity contribution is 7.89. The fraction of sp³-hybridized carbons (Fsp3) is 0.381. The number of carbonyl (C=O) groups is 3. The molecule has 2 aromatic rings. The maximum Gasteiger partial charge on any atom is 0.355 e. The van der Waals surface area contributed by atoms with E-state index in [1.807, 2.05) is 0 Å². The van der Waals surface area contributed by atoms with Crippen LogP contribution in [0.15, 0.2) is 29.2 Å². The molecule has 1 amide bonds. The number of ether oxygens (including phenoxy) is 1. The summed E-state index contributed by atoms with van der Waals surface area (Å²) < 4.78 is 31.6. The lowest BCUT2D eigenvalue weighted by Crippen LogP contribution is -2.27. The van der Waals surface area contributed by atoms with Gasteiger partial charge in [0.1, 0.15) is 5.69 Å². The van der Waals surface area contributed by atoms with Gasteiger partial charge in [-0.2, -0.15) is 4.31 Å². The van der Waals surface area contributed by atoms with Crippen molar-refractivity contribution in [1.82, 2.24) is 9.29 Å². The van der Waals surface area contributed by atoms with Crippen LogP contribution < -0.4 is 5.32 Å². The van der Waals surface area contributed by atoms with Gasteiger partial charge in [-0.1, -0.05) is 0 Å². The van der Waals surface area contributed by atoms with Gasteiger partial charge in [0, 0.05) is 30.0 Å². The molecule has 166 valence electrons. The van der Waals surface area contributed by atoms with Gasteiger partial charge >= 0.3 is 5.97 Å². The summed E-state index contributed by atoms with van der Waals surface area (Å²) in [6.07, 6.45) is 1.70. The number of sulfonamides is 1. The number of rotatable bonds is 7. The second-order valence-corrected chi connectivity index (χ2v) is 9.38. The average molecular weight is 448 g/mol. The van der Waals surface area contributed by atoms with Gasteiger partial charge in [-0.05, 0) is 63.4 Å². The number of hydrogen-bond donors (Lipinski definition) is 2. The van der Waals surface area contributed by atoms with E-state index in [2.05, 4.69) is 10.3 Å². The molecule has 0 radical (unpaired) electrons. The molecule has 1 aromatic heterocycles. The SMILES string of the molecule is CC(=O)c1c(C)[nH]c(C(=O)OCC(=O)Nc2ccc(S(=O)(=O)N3CCCC3)cc2)c1C. The number of carbonyl (C=O) groups excluding carboxylic acids is 3. The van der Waals surface area contributed by atoms with Gasteiger partial charge in [-0.25, -0.2) is 13.2 Å². The number of anilines is 1. The minimum absolute atomic E-state index is 0.131. The first-order valence-electron chi connectivity index (χ1n) is 9.88. The minimum atomic E-state index is -3.52. The summed E-state index contributed by atoms with van der Waals surface area (Å²) in [6, 6.07) is 5.84. The van der Waals surface area contributed by atoms with E-state index in [0.29, 0.717) is 35.6 Å². The number of esters is 1. The average Bonchev–Trinajstić information content (AvgIpc) is 3.35. The molecule has 10 heteroatoms. The van der Waals surface area contributed by atoms with Crippen molar-refractivity contribution in [2.24, 2.45) is 0 Å². The Hall–Kier alpha value is -2.98. The topological polar surface area (TPSA) is 126 Å². The number of aromatic amines is 1. The molecule has 0 atom stereocenters. The number of benzene rings is 1. The lowest BCUT2D eigenvalue weighted by molar-refractivity contribution is -0.119. The van der Waals surface area contributed by atoms with Crippen molar-refractivity contribution in [1.29, 1.82) is 0 Å². The Morgan fingerprint density at radius 3 is 2.26 bits per heavy atom. The Kier molecular flexibility index (Phi) is 6.61. The van der Waals surface area contributed by atoms with Gasteiger partial charge in [-0.15, -0.1) is 0 Å². The molecule has 0 saturated carbocycles. The summed E-state index contributed by atoms with van der Waals surface area (Å²) >= 11 is 0. The van der Waals surface area contributed by atoms with Crippen molar-refractivity contribution < 1.29 is 27.5 Å². The smallest absolute Gasteiger partial charge is 0.355 e. The van der Waals surface area contributed by atoms with Gasteiger partial charge in [0.05, 0.1) is 4.90 Å². The zero-order chi connectivity index (χ0) is 22.8. The normalized spacial score (nSPS) is 14.4. The largest absolute Gasteiger partial charge is 0.451 e. The lowest BCUT2D eigenvalue weighted by Gasteiger charge is -2.15. The number of H-pyrrole nitrogens is 1. The van der Waals surface area contributed by atoms with E-state index in [0.717, 1.165) is 12.8 Å². The number of Topliss-reactive ketones (excluding diaryl/α,β-unsaturated/α-hetero) is 1. The highest BCUT2D eigenvalue weighted by Crippen LogP contribution is 2.22. The van der Waals surface area contributed by atoms with Crippen molar-refractivity contribution in [3.8, 4) is 0 Å². The van der Waals surface area contributed by atoms with Crippen LogP contribution in [-0.4, -0.2) is 55.1 Å². The van der Waals surface area contributed by atoms with Crippen molar-refractivity contribution in [2.45, 2.75) is 38.5 Å². The number of aromatic nitrogens is 1. The molecule has 2 heterocycles. The third-order valence-corrected chi connectivity index (χ3v) is 7.08. The van der Waals surface area contributed by atoms with Gasteiger partial charge in [-0.3, -0.25) is 9.59 Å². The minimum Gasteiger partial charge on any atom is -0.451 e. The van der Waals surface area contributed by atoms with Crippen LogP contribution in [0.2, 0.25) is 0 Å². The van der Waals surface area contributed by atoms with Crippen LogP contribution in [0, 0.1) is 13.8 Å². The molecular weight excluding hydrogens is 422 g/mol. The number of nitrogens with one attached hydrogen (secondary N) is 2. The summed E-state index contributed by atoms with van der Waals surface area (Å²) in [4.78, 5) is 39.1. The zero-order valence-electron chi connectivity index (χ0n) is 17.6. The molecule has 1 aliphatic rings. The molecule has 3 rings (SSSR count). The summed E-state index contributed by atoms with van der Waals surface area (Å²) in [7, 11) is -3.52. The zero-order valence-corrected chi connectivity index (χ0v) is 18.5. The Labute approximate surface area is 180 Å². The quantitative estimate of drug-likeness (QED) is 0.496. The van der Waals surface area contributed by atoms with Crippen LogP contribution in [0.1, 0.15) is 51.9 Å². The molecule has 9 nitrogen and oxygen atoms in total. The maximum absolute atomic E-state index is 12.5. The molecule has 1 fully saturated rings. The number of hydrogen-bond acceptors (Lipinski definition) is 6. The molecule has 31 heavy (non-hydrogen) atoms. The van der Waals surface area contributed by atoms with Crippen LogP contribution in [0.4, 0.5) is 5.69 Å². The predicted octanol–water partition coefficient (Wildman–Crippen LogP) is 2.41. The standard InChI is InChI=1S/C21H25N3O6S/c1-13-19(15(3)25)14(2)22-20(13)21(27)30-12-18(26)23-16-6-8-17(9-7-16)31(28,29)24-10-4-5-11-24/h6-9,22H,4-5,10-12H2,1-3H3,(H,23,26). The Morgan fingerprint density at radius 1 is 1.10 bits per heavy atom. The van der Waals surface area contributed by atoms with Gasteiger partial charge < -0.3 is 15.0 Å². The highest BCUT2D eigenvalue weighted by atomic mass is 32.2. The van der Waals surface area contributed by atoms with Crippen LogP contribution in [0.3, 0.4) is 0 Å². The van der Waals surface area contributed by atoms with Crippen molar-refractivity contribution in [3.63, 3.8) is 0 Å². The second-order valence-electron chi connectivity index (χ2n) is 7.44. The van der Waals surface area contributed by atoms with E-state index < -0.39 is 28.5 Å². The summed E-state index contributed by atoms with van der Waals surface area (Å²) in [5.74, 6) is -1.48. The first-order chi connectivity index (χ1) is 14.6. The van der Waals surface area contributed by atoms with E-state index in [1.54, 1.807) is 13.8 Å². The van der Waals surface area contributed by atoms with E-state index >= 15 is 0 Å². The molecule has 0 bridgehead atoms. The van der Waals surface area contributed by atoms with Gasteiger partial charge in [0.2, 0.25) is 10.0 Å². The van der Waals surface area contributed by atoms with Crippen molar-refractivity contribution >= 4 is 33.4 Å². The van der Waals surface area contributed by atoms with E-state index in [9.17, 15) is 22.8 Å². The monoisotopic (exact) mass is 447 g/mol. The van der Waals surface area contributed by atoms with E-state index in [-0.39, 0.29) is 16.4 Å². The number of ketones is 1. The molecule has 1 aliphatic heterocycles. The highest BCUT2D eigenvalue weighted by Gasteiger charge is 2.27. The number of aryl methyl sites for hydroxylation is 1. The molecule has 1 aromatic carbocycles. The second kappa shape index (κ2) is 9.03. The van der Waals surface area contributed by atoms with Crippen molar-refractivity contribution in [2.75, 3.05) is 25.0 Å². The predicted molar refractivity (Wildman–Crippen MR) is 114 cm³/mol. The lowest BCUT2D eigenvalue weighted by atomic mass is 10.1.